The second-order valence-corrected chi connectivity index (χ2v) is 2.60. The van der Waals surface area contributed by atoms with Gasteiger partial charge in [-0.25, -0.2) is 0 Å². The van der Waals surface area contributed by atoms with E-state index in [-0.39, 0.29) is 11.1 Å². The molecule has 0 bridgehead atoms. The van der Waals surface area contributed by atoms with Gasteiger partial charge in [0.2, 0.25) is 0 Å². The van der Waals surface area contributed by atoms with Crippen LogP contribution in [0.5, 0.6) is 0 Å². The first kappa shape index (κ1) is 7.73. The Morgan fingerprint density at radius 2 is 2.00 bits per heavy atom. The summed E-state index contributed by atoms with van der Waals surface area (Å²) in [5.74, 6) is 0. The molecule has 8 heavy (non-hydrogen) atoms. The van der Waals surface area contributed by atoms with Crippen molar-refractivity contribution in [1.82, 2.24) is 0 Å². The van der Waals surface area contributed by atoms with Crippen LogP contribution in [0.2, 0.25) is 0 Å². The first-order valence-electron chi connectivity index (χ1n) is 2.80. The third-order valence-electron chi connectivity index (χ3n) is 1.55. The van der Waals surface area contributed by atoms with E-state index in [0.717, 1.165) is 6.42 Å². The third kappa shape index (κ3) is 1.69. The van der Waals surface area contributed by atoms with E-state index >= 15 is 0 Å². The first-order valence-corrected chi connectivity index (χ1v) is 2.80. The summed E-state index contributed by atoms with van der Waals surface area (Å²) in [5, 5.41) is 0. The molecule has 2 heteroatoms. The fraction of sp³-hybridized carbons (Fsp3) is 0.833. The summed E-state index contributed by atoms with van der Waals surface area (Å²) in [6, 6.07) is 0. The average molecular weight is 110 g/mol. The van der Waals surface area contributed by atoms with Crippen molar-refractivity contribution in [3.05, 3.63) is 0 Å². The second-order valence-electron chi connectivity index (χ2n) is 2.60. The van der Waals surface area contributed by atoms with E-state index in [0.29, 0.717) is 0 Å². The smallest absolute Gasteiger partial charge is 0.168 e. The molecule has 0 atom stereocenters. The lowest BCUT2D eigenvalue weighted by Crippen LogP contribution is -2.22. The quantitative estimate of drug-likeness (QED) is 0.486. The van der Waals surface area contributed by atoms with E-state index in [2.05, 4.69) is 0 Å². The van der Waals surface area contributed by atoms with Crippen LogP contribution in [0.4, 0.5) is 0 Å². The van der Waals surface area contributed by atoms with Crippen LogP contribution in [0.15, 0.2) is 0 Å². The van der Waals surface area contributed by atoms with Crippen LogP contribution in [0.25, 0.3) is 0 Å². The molecular weight excluding hydrogens is 98.9 g/mol. The molecule has 0 aliphatic heterocycles. The Morgan fingerprint density at radius 3 is 2.00 bits per heavy atom. The van der Waals surface area contributed by atoms with Crippen molar-refractivity contribution < 1.29 is 4.79 Å². The Balaban J connectivity index is 3.91. The molecule has 0 aromatic rings. The molecular formula is C6H11BO. The van der Waals surface area contributed by atoms with Crippen LogP contribution < -0.4 is 0 Å². The number of rotatable bonds is 2. The van der Waals surface area contributed by atoms with Crippen molar-refractivity contribution in [3.63, 3.8) is 0 Å². The van der Waals surface area contributed by atoms with Crippen molar-refractivity contribution in [2.24, 2.45) is 5.41 Å². The minimum absolute atomic E-state index is 0.222. The molecule has 0 fully saturated rings. The van der Waals surface area contributed by atoms with Crippen LogP contribution in [-0.2, 0) is 4.79 Å². The normalized spacial score (nSPS) is 11.4. The summed E-state index contributed by atoms with van der Waals surface area (Å²) in [4.78, 5) is 10.5. The van der Waals surface area contributed by atoms with Crippen molar-refractivity contribution in [1.29, 1.82) is 0 Å². The molecule has 0 heterocycles. The van der Waals surface area contributed by atoms with E-state index in [9.17, 15) is 4.79 Å². The molecule has 0 aliphatic carbocycles. The van der Waals surface area contributed by atoms with Gasteiger partial charge in [0.1, 0.15) is 0 Å². The van der Waals surface area contributed by atoms with Crippen LogP contribution >= 0.6 is 0 Å². The minimum atomic E-state index is -0.319. The third-order valence-corrected chi connectivity index (χ3v) is 1.55. The standard InChI is InChI=1S/C6H11BO/c1-4-6(2,3)5(7)8/h4H2,1-3H3. The minimum Gasteiger partial charge on any atom is -0.312 e. The van der Waals surface area contributed by atoms with E-state index < -0.39 is 0 Å². The van der Waals surface area contributed by atoms with Gasteiger partial charge in [-0.1, -0.05) is 20.8 Å². The van der Waals surface area contributed by atoms with Crippen LogP contribution in [0, 0.1) is 5.41 Å². The fourth-order valence-electron chi connectivity index (χ4n) is 0.174. The van der Waals surface area contributed by atoms with Gasteiger partial charge in [-0.3, -0.25) is 0 Å². The molecule has 0 rings (SSSR count). The number of hydrogen-bond acceptors (Lipinski definition) is 1. The topological polar surface area (TPSA) is 17.1 Å². The van der Waals surface area contributed by atoms with E-state index in [1.165, 1.54) is 0 Å². The molecule has 0 N–H and O–H groups in total. The molecule has 0 aliphatic rings. The van der Waals surface area contributed by atoms with Gasteiger partial charge in [-0.2, -0.15) is 0 Å². The number of carbonyl (C=O) groups is 1. The molecule has 0 saturated carbocycles. The Hall–Kier alpha value is -0.265. The lowest BCUT2D eigenvalue weighted by Gasteiger charge is -2.17. The van der Waals surface area contributed by atoms with Gasteiger partial charge in [-0.15, -0.1) is 0 Å². The maximum Gasteiger partial charge on any atom is 0.168 e. The average Bonchev–Trinajstić information content (AvgIpc) is 1.67. The monoisotopic (exact) mass is 110 g/mol. The summed E-state index contributed by atoms with van der Waals surface area (Å²) in [6.45, 7) is 5.63. The summed E-state index contributed by atoms with van der Waals surface area (Å²) >= 11 is 0. The van der Waals surface area contributed by atoms with Crippen LogP contribution in [-0.4, -0.2) is 13.5 Å². The van der Waals surface area contributed by atoms with Gasteiger partial charge in [0.15, 0.2) is 7.85 Å². The van der Waals surface area contributed by atoms with Crippen LogP contribution in [0.1, 0.15) is 27.2 Å². The van der Waals surface area contributed by atoms with Crippen LogP contribution in [0.3, 0.4) is 0 Å². The predicted octanol–water partition coefficient (Wildman–Crippen LogP) is 1.12. The Kier molecular flexibility index (Phi) is 2.26. The highest BCUT2D eigenvalue weighted by Crippen LogP contribution is 2.18. The second kappa shape index (κ2) is 2.34. The van der Waals surface area contributed by atoms with Crippen molar-refractivity contribution in [3.8, 4) is 0 Å². The molecule has 0 amide bonds. The van der Waals surface area contributed by atoms with Gasteiger partial charge in [0.25, 0.3) is 0 Å². The predicted molar refractivity (Wildman–Crippen MR) is 34.8 cm³/mol. The Labute approximate surface area is 51.9 Å². The van der Waals surface area contributed by atoms with Crippen molar-refractivity contribution >= 4 is 13.5 Å². The molecule has 0 aromatic carbocycles. The molecule has 0 spiro atoms. The van der Waals surface area contributed by atoms with Gasteiger partial charge in [0, 0.05) is 5.41 Å². The SMILES string of the molecule is [B]C(=O)C(C)(C)CC. The number of hydrogen-bond donors (Lipinski definition) is 0. The summed E-state index contributed by atoms with van der Waals surface area (Å²) in [7, 11) is 5.04. The Morgan fingerprint density at radius 1 is 1.62 bits per heavy atom. The first-order chi connectivity index (χ1) is 3.50. The van der Waals surface area contributed by atoms with E-state index in [1.807, 2.05) is 20.8 Å². The maximum absolute atomic E-state index is 10.5. The zero-order valence-corrected chi connectivity index (χ0v) is 5.69. The summed E-state index contributed by atoms with van der Waals surface area (Å²) < 4.78 is 0. The van der Waals surface area contributed by atoms with E-state index in [1.54, 1.807) is 0 Å². The zero-order chi connectivity index (χ0) is 6.78. The number of carbonyl (C=O) groups excluding carboxylic acids is 1. The lowest BCUT2D eigenvalue weighted by molar-refractivity contribution is -0.119. The maximum atomic E-state index is 10.5. The lowest BCUT2D eigenvalue weighted by atomic mass is 9.76. The molecule has 0 saturated heterocycles. The summed E-state index contributed by atoms with van der Waals surface area (Å²) in [5.41, 5.74) is -0.542. The zero-order valence-electron chi connectivity index (χ0n) is 5.69. The van der Waals surface area contributed by atoms with Crippen molar-refractivity contribution in [2.75, 3.05) is 0 Å². The largest absolute Gasteiger partial charge is 0.312 e. The highest BCUT2D eigenvalue weighted by molar-refractivity contribution is 6.58. The van der Waals surface area contributed by atoms with Crippen molar-refractivity contribution in [2.45, 2.75) is 27.2 Å². The molecule has 44 valence electrons. The molecule has 2 radical (unpaired) electrons. The summed E-state index contributed by atoms with van der Waals surface area (Å²) in [6.07, 6.45) is 0.808. The van der Waals surface area contributed by atoms with Gasteiger partial charge in [-0.05, 0) is 6.42 Å². The van der Waals surface area contributed by atoms with Gasteiger partial charge >= 0.3 is 0 Å². The van der Waals surface area contributed by atoms with E-state index in [4.69, 9.17) is 7.85 Å². The van der Waals surface area contributed by atoms with Gasteiger partial charge in [0.05, 0.1) is 5.68 Å². The fourth-order valence-corrected chi connectivity index (χ4v) is 0.174. The highest BCUT2D eigenvalue weighted by atomic mass is 16.1. The highest BCUT2D eigenvalue weighted by Gasteiger charge is 2.18. The molecule has 0 aromatic heterocycles. The Bertz CT molecular complexity index is 96.7. The molecule has 1 nitrogen and oxygen atoms in total. The molecule has 0 unspecified atom stereocenters. The van der Waals surface area contributed by atoms with Gasteiger partial charge < -0.3 is 4.79 Å².